The van der Waals surface area contributed by atoms with Gasteiger partial charge in [-0.3, -0.25) is 19.6 Å². The van der Waals surface area contributed by atoms with E-state index in [2.05, 4.69) is 21.9 Å². The molecule has 2 amide bonds. The molecule has 3 heterocycles. The van der Waals surface area contributed by atoms with Crippen molar-refractivity contribution in [2.75, 3.05) is 13.1 Å². The summed E-state index contributed by atoms with van der Waals surface area (Å²) in [5.41, 5.74) is 3.60. The quantitative estimate of drug-likeness (QED) is 0.707. The van der Waals surface area contributed by atoms with Gasteiger partial charge in [0.2, 0.25) is 11.8 Å². The minimum Gasteiger partial charge on any atom is -0.345 e. The lowest BCUT2D eigenvalue weighted by Crippen LogP contribution is -2.46. The Morgan fingerprint density at radius 1 is 1.27 bits per heavy atom. The van der Waals surface area contributed by atoms with Gasteiger partial charge in [-0.05, 0) is 61.2 Å². The van der Waals surface area contributed by atoms with Crippen LogP contribution in [0.15, 0.2) is 49.3 Å². The predicted molar refractivity (Wildman–Crippen MR) is 109 cm³/mol. The molecule has 1 saturated heterocycles. The Morgan fingerprint density at radius 3 is 2.67 bits per heavy atom. The summed E-state index contributed by atoms with van der Waals surface area (Å²) in [4.78, 5) is 33.4. The van der Waals surface area contributed by atoms with Gasteiger partial charge in [-0.25, -0.2) is 8.78 Å². The van der Waals surface area contributed by atoms with Crippen LogP contribution in [0.5, 0.6) is 0 Å². The zero-order chi connectivity index (χ0) is 21.7. The lowest BCUT2D eigenvalue weighted by Gasteiger charge is -2.18. The second-order valence-corrected chi connectivity index (χ2v) is 7.43. The highest BCUT2D eigenvalue weighted by Crippen LogP contribution is 2.28. The number of nitrogens with one attached hydrogen (secondary N) is 1. The van der Waals surface area contributed by atoms with Crippen molar-refractivity contribution >= 4 is 11.8 Å². The van der Waals surface area contributed by atoms with Gasteiger partial charge in [0, 0.05) is 25.4 Å². The van der Waals surface area contributed by atoms with Crippen molar-refractivity contribution < 1.29 is 18.4 Å². The molecule has 2 aromatic heterocycles. The third-order valence-electron chi connectivity index (χ3n) is 5.01. The summed E-state index contributed by atoms with van der Waals surface area (Å²) in [6.45, 7) is 4.35. The third kappa shape index (κ3) is 5.25. The second-order valence-electron chi connectivity index (χ2n) is 7.43. The fourth-order valence-electron chi connectivity index (χ4n) is 3.40. The highest BCUT2D eigenvalue weighted by atomic mass is 19.3. The van der Waals surface area contributed by atoms with Crippen molar-refractivity contribution in [3.05, 3.63) is 60.4 Å². The molecule has 1 atom stereocenters. The fraction of sp³-hybridized carbons (Fsp3) is 0.364. The number of halogens is 2. The molecule has 0 spiro atoms. The topological polar surface area (TPSA) is 75.2 Å². The Hall–Kier alpha value is -3.16. The Kier molecular flexibility index (Phi) is 6.54. The van der Waals surface area contributed by atoms with E-state index in [-0.39, 0.29) is 13.0 Å². The summed E-state index contributed by atoms with van der Waals surface area (Å²) < 4.78 is 28.2. The first-order chi connectivity index (χ1) is 14.3. The molecule has 1 N–H and O–H groups in total. The standard InChI is InChI=1S/C22H24F2N4O2/c1-3-21(30)28-13-19(22(23,24)14-28)27-20(29)6-4-5-16-8-10-26-18(12-16)17-11-15(2)7-9-25-17/h3,7-12,19H,1,4-6,13-14H2,2H3,(H,27,29). The van der Waals surface area contributed by atoms with Gasteiger partial charge in [-0.2, -0.15) is 0 Å². The molecule has 0 bridgehead atoms. The second kappa shape index (κ2) is 9.11. The summed E-state index contributed by atoms with van der Waals surface area (Å²) in [5.74, 6) is -4.18. The first kappa shape index (κ1) is 21.5. The van der Waals surface area contributed by atoms with Gasteiger partial charge in [0.1, 0.15) is 6.04 Å². The van der Waals surface area contributed by atoms with E-state index in [1.165, 1.54) is 0 Å². The first-order valence-corrected chi connectivity index (χ1v) is 9.75. The fourth-order valence-corrected chi connectivity index (χ4v) is 3.40. The van der Waals surface area contributed by atoms with E-state index in [4.69, 9.17) is 0 Å². The number of alkyl halides is 2. The van der Waals surface area contributed by atoms with E-state index in [1.54, 1.807) is 12.4 Å². The molecule has 1 aliphatic heterocycles. The summed E-state index contributed by atoms with van der Waals surface area (Å²) in [6, 6.07) is 6.26. The summed E-state index contributed by atoms with van der Waals surface area (Å²) >= 11 is 0. The number of aromatic nitrogens is 2. The summed E-state index contributed by atoms with van der Waals surface area (Å²) in [5, 5.41) is 2.37. The van der Waals surface area contributed by atoms with Crippen molar-refractivity contribution in [1.82, 2.24) is 20.2 Å². The molecular formula is C22H24F2N4O2. The molecular weight excluding hydrogens is 390 g/mol. The van der Waals surface area contributed by atoms with Crippen LogP contribution in [0.2, 0.25) is 0 Å². The van der Waals surface area contributed by atoms with Gasteiger partial charge >= 0.3 is 0 Å². The van der Waals surface area contributed by atoms with Crippen molar-refractivity contribution in [1.29, 1.82) is 0 Å². The lowest BCUT2D eigenvalue weighted by atomic mass is 10.1. The smallest absolute Gasteiger partial charge is 0.286 e. The van der Waals surface area contributed by atoms with E-state index in [9.17, 15) is 18.4 Å². The maximum Gasteiger partial charge on any atom is 0.286 e. The van der Waals surface area contributed by atoms with E-state index in [0.29, 0.717) is 12.8 Å². The van der Waals surface area contributed by atoms with Crippen LogP contribution in [0.3, 0.4) is 0 Å². The molecule has 30 heavy (non-hydrogen) atoms. The molecule has 3 rings (SSSR count). The van der Waals surface area contributed by atoms with E-state index < -0.39 is 30.3 Å². The minimum absolute atomic E-state index is 0.113. The molecule has 8 heteroatoms. The Bertz CT molecular complexity index is 948. The average molecular weight is 414 g/mol. The highest BCUT2D eigenvalue weighted by molar-refractivity contribution is 5.87. The van der Waals surface area contributed by atoms with Crippen molar-refractivity contribution in [2.24, 2.45) is 0 Å². The monoisotopic (exact) mass is 414 g/mol. The molecule has 0 radical (unpaired) electrons. The average Bonchev–Trinajstić information content (AvgIpc) is 3.01. The van der Waals surface area contributed by atoms with Gasteiger partial charge in [0.05, 0.1) is 17.9 Å². The van der Waals surface area contributed by atoms with Crippen LogP contribution < -0.4 is 5.32 Å². The number of rotatable bonds is 7. The number of likely N-dealkylation sites (tertiary alicyclic amines) is 1. The van der Waals surface area contributed by atoms with E-state index >= 15 is 0 Å². The van der Waals surface area contributed by atoms with Crippen LogP contribution in [-0.4, -0.2) is 51.7 Å². The summed E-state index contributed by atoms with van der Waals surface area (Å²) in [6.07, 6.45) is 5.64. The Balaban J connectivity index is 1.52. The van der Waals surface area contributed by atoms with Crippen molar-refractivity contribution in [3.63, 3.8) is 0 Å². The van der Waals surface area contributed by atoms with E-state index in [1.807, 2.05) is 31.2 Å². The predicted octanol–water partition coefficient (Wildman–Crippen LogP) is 2.92. The minimum atomic E-state index is -3.16. The van der Waals surface area contributed by atoms with Crippen LogP contribution in [0.1, 0.15) is 24.0 Å². The number of hydrogen-bond donors (Lipinski definition) is 1. The molecule has 6 nitrogen and oxygen atoms in total. The maximum absolute atomic E-state index is 14.1. The number of nitrogens with zero attached hydrogens (tertiary/aromatic N) is 3. The Labute approximate surface area is 174 Å². The number of amides is 2. The number of carbonyl (C=O) groups excluding carboxylic acids is 2. The molecule has 1 fully saturated rings. The maximum atomic E-state index is 14.1. The number of hydrogen-bond acceptors (Lipinski definition) is 4. The number of carbonyl (C=O) groups is 2. The molecule has 1 unspecified atom stereocenters. The van der Waals surface area contributed by atoms with Crippen LogP contribution in [0, 0.1) is 6.92 Å². The molecule has 0 aromatic carbocycles. The molecule has 0 aliphatic carbocycles. The van der Waals surface area contributed by atoms with Crippen LogP contribution >= 0.6 is 0 Å². The molecule has 0 saturated carbocycles. The van der Waals surface area contributed by atoms with Crippen LogP contribution in [0.4, 0.5) is 8.78 Å². The number of aryl methyl sites for hydroxylation is 2. The molecule has 2 aromatic rings. The third-order valence-corrected chi connectivity index (χ3v) is 5.01. The zero-order valence-corrected chi connectivity index (χ0v) is 16.8. The van der Waals surface area contributed by atoms with Crippen LogP contribution in [-0.2, 0) is 16.0 Å². The van der Waals surface area contributed by atoms with Gasteiger partial charge in [0.25, 0.3) is 5.92 Å². The van der Waals surface area contributed by atoms with Crippen LogP contribution in [0.25, 0.3) is 11.4 Å². The normalized spacial score (nSPS) is 17.6. The van der Waals surface area contributed by atoms with Crippen molar-refractivity contribution in [3.8, 4) is 11.4 Å². The lowest BCUT2D eigenvalue weighted by molar-refractivity contribution is -0.126. The van der Waals surface area contributed by atoms with Gasteiger partial charge in [0.15, 0.2) is 0 Å². The molecule has 158 valence electrons. The number of pyridine rings is 2. The van der Waals surface area contributed by atoms with Gasteiger partial charge in [-0.15, -0.1) is 0 Å². The first-order valence-electron chi connectivity index (χ1n) is 9.75. The summed E-state index contributed by atoms with van der Waals surface area (Å²) in [7, 11) is 0. The van der Waals surface area contributed by atoms with Crippen molar-refractivity contribution in [2.45, 2.75) is 38.2 Å². The Morgan fingerprint density at radius 2 is 1.97 bits per heavy atom. The SMILES string of the molecule is C=CC(=O)N1CC(NC(=O)CCCc2ccnc(-c3cc(C)ccn3)c2)C(F)(F)C1. The highest BCUT2D eigenvalue weighted by Gasteiger charge is 2.49. The van der Waals surface area contributed by atoms with Gasteiger partial charge in [-0.1, -0.05) is 6.58 Å². The van der Waals surface area contributed by atoms with Gasteiger partial charge < -0.3 is 10.2 Å². The van der Waals surface area contributed by atoms with E-state index in [0.717, 1.165) is 33.5 Å². The molecule has 1 aliphatic rings. The zero-order valence-electron chi connectivity index (χ0n) is 16.8. The largest absolute Gasteiger partial charge is 0.345 e.